The molecule has 4 rings (SSSR count). The summed E-state index contributed by atoms with van der Waals surface area (Å²) in [5.74, 6) is 1.38. The summed E-state index contributed by atoms with van der Waals surface area (Å²) in [7, 11) is 1.62. The first-order valence-electron chi connectivity index (χ1n) is 8.33. The predicted molar refractivity (Wildman–Crippen MR) is 106 cm³/mol. The summed E-state index contributed by atoms with van der Waals surface area (Å²) in [6.45, 7) is 0. The number of hydrogen-bond donors (Lipinski definition) is 1. The molecule has 130 valence electrons. The Balaban J connectivity index is 1.77. The van der Waals surface area contributed by atoms with E-state index in [0.717, 1.165) is 27.5 Å². The van der Waals surface area contributed by atoms with Crippen molar-refractivity contribution in [2.45, 2.75) is 6.04 Å². The highest BCUT2D eigenvalue weighted by Crippen LogP contribution is 2.36. The molecule has 4 heteroatoms. The van der Waals surface area contributed by atoms with Gasteiger partial charge in [-0.3, -0.25) is 0 Å². The fourth-order valence-corrected chi connectivity index (χ4v) is 3.40. The van der Waals surface area contributed by atoms with Gasteiger partial charge in [0.05, 0.1) is 19.4 Å². The number of methoxy groups -OCH3 is 1. The summed E-state index contributed by atoms with van der Waals surface area (Å²) in [4.78, 5) is 0. The molecule has 1 unspecified atom stereocenters. The van der Waals surface area contributed by atoms with Crippen LogP contribution in [0, 0.1) is 0 Å². The number of nitrogens with two attached hydrogens (primary N) is 1. The van der Waals surface area contributed by atoms with Crippen LogP contribution in [0.1, 0.15) is 17.4 Å². The van der Waals surface area contributed by atoms with Gasteiger partial charge in [-0.05, 0) is 35.4 Å². The second kappa shape index (κ2) is 6.87. The van der Waals surface area contributed by atoms with Crippen LogP contribution in [0.25, 0.3) is 21.9 Å². The van der Waals surface area contributed by atoms with E-state index >= 15 is 0 Å². The van der Waals surface area contributed by atoms with Crippen LogP contribution in [0.4, 0.5) is 0 Å². The van der Waals surface area contributed by atoms with E-state index in [1.807, 2.05) is 36.4 Å². The summed E-state index contributed by atoms with van der Waals surface area (Å²) in [5, 5.41) is 2.61. The number of fused-ring (bicyclic) bond motifs is 1. The highest BCUT2D eigenvalue weighted by Gasteiger charge is 2.20. The van der Waals surface area contributed by atoms with Crippen LogP contribution in [0.5, 0.6) is 5.75 Å². The van der Waals surface area contributed by atoms with E-state index in [-0.39, 0.29) is 0 Å². The van der Waals surface area contributed by atoms with Crippen LogP contribution in [0.3, 0.4) is 0 Å². The SMILES string of the molecule is COc1ccc(Cl)cc1C(N)c1occ2cc(-c3ccccc3)ccc12. The topological polar surface area (TPSA) is 48.4 Å². The van der Waals surface area contributed by atoms with E-state index in [2.05, 4.69) is 24.3 Å². The predicted octanol–water partition coefficient (Wildman–Crippen LogP) is 5.81. The highest BCUT2D eigenvalue weighted by atomic mass is 35.5. The highest BCUT2D eigenvalue weighted by molar-refractivity contribution is 6.30. The van der Waals surface area contributed by atoms with E-state index in [1.165, 1.54) is 0 Å². The Morgan fingerprint density at radius 2 is 1.77 bits per heavy atom. The smallest absolute Gasteiger partial charge is 0.132 e. The van der Waals surface area contributed by atoms with Crippen molar-refractivity contribution in [3.8, 4) is 16.9 Å². The molecule has 1 heterocycles. The minimum Gasteiger partial charge on any atom is -0.496 e. The molecule has 0 radical (unpaired) electrons. The molecular weight excluding hydrogens is 346 g/mol. The number of benzene rings is 3. The average molecular weight is 364 g/mol. The molecule has 0 aliphatic carbocycles. The first kappa shape index (κ1) is 16.7. The van der Waals surface area contributed by atoms with Gasteiger partial charge in [0.25, 0.3) is 0 Å². The van der Waals surface area contributed by atoms with Gasteiger partial charge in [0.2, 0.25) is 0 Å². The Kier molecular flexibility index (Phi) is 4.41. The quantitative estimate of drug-likeness (QED) is 0.497. The van der Waals surface area contributed by atoms with Gasteiger partial charge in [0, 0.05) is 21.4 Å². The third-order valence-corrected chi connectivity index (χ3v) is 4.78. The molecule has 0 fully saturated rings. The van der Waals surface area contributed by atoms with E-state index < -0.39 is 6.04 Å². The minimum absolute atomic E-state index is 0.469. The monoisotopic (exact) mass is 363 g/mol. The van der Waals surface area contributed by atoms with E-state index in [9.17, 15) is 0 Å². The fourth-order valence-electron chi connectivity index (χ4n) is 3.22. The number of rotatable bonds is 4. The fraction of sp³-hybridized carbons (Fsp3) is 0.0909. The number of ether oxygens (including phenoxy) is 1. The van der Waals surface area contributed by atoms with Crippen LogP contribution < -0.4 is 10.5 Å². The van der Waals surface area contributed by atoms with Crippen LogP contribution in [0.15, 0.2) is 77.4 Å². The van der Waals surface area contributed by atoms with Crippen molar-refractivity contribution >= 4 is 22.4 Å². The van der Waals surface area contributed by atoms with Gasteiger partial charge in [0.1, 0.15) is 11.5 Å². The summed E-state index contributed by atoms with van der Waals surface area (Å²) in [5.41, 5.74) is 9.59. The van der Waals surface area contributed by atoms with Gasteiger partial charge in [-0.25, -0.2) is 0 Å². The van der Waals surface area contributed by atoms with Crippen LogP contribution in [-0.2, 0) is 0 Å². The Bertz CT molecular complexity index is 1060. The summed E-state index contributed by atoms with van der Waals surface area (Å²) in [6.07, 6.45) is 1.74. The number of furan rings is 1. The lowest BCUT2D eigenvalue weighted by Gasteiger charge is -2.15. The molecule has 2 N–H and O–H groups in total. The molecule has 1 aromatic heterocycles. The molecule has 3 aromatic carbocycles. The first-order valence-corrected chi connectivity index (χ1v) is 8.71. The second-order valence-corrected chi connectivity index (χ2v) is 6.57. The third-order valence-electron chi connectivity index (χ3n) is 4.55. The molecule has 0 saturated heterocycles. The van der Waals surface area contributed by atoms with Crippen molar-refractivity contribution in [1.29, 1.82) is 0 Å². The molecule has 0 amide bonds. The van der Waals surface area contributed by atoms with Gasteiger partial charge >= 0.3 is 0 Å². The van der Waals surface area contributed by atoms with Crippen molar-refractivity contribution in [2.75, 3.05) is 7.11 Å². The van der Waals surface area contributed by atoms with Gasteiger partial charge in [-0.2, -0.15) is 0 Å². The normalized spacial score (nSPS) is 12.3. The molecule has 0 bridgehead atoms. The molecular formula is C22H18ClNO2. The zero-order chi connectivity index (χ0) is 18.1. The minimum atomic E-state index is -0.469. The second-order valence-electron chi connectivity index (χ2n) is 6.13. The molecule has 1 atom stereocenters. The molecule has 3 nitrogen and oxygen atoms in total. The number of halogens is 1. The Morgan fingerprint density at radius 3 is 2.54 bits per heavy atom. The molecule has 4 aromatic rings. The van der Waals surface area contributed by atoms with Gasteiger partial charge in [0.15, 0.2) is 0 Å². The lowest BCUT2D eigenvalue weighted by atomic mass is 9.98. The van der Waals surface area contributed by atoms with Crippen molar-refractivity contribution in [3.05, 3.63) is 89.3 Å². The van der Waals surface area contributed by atoms with Gasteiger partial charge in [-0.15, -0.1) is 0 Å². The summed E-state index contributed by atoms with van der Waals surface area (Å²) >= 11 is 6.14. The molecule has 0 aliphatic heterocycles. The third kappa shape index (κ3) is 2.96. The van der Waals surface area contributed by atoms with Crippen molar-refractivity contribution in [3.63, 3.8) is 0 Å². The Labute approximate surface area is 157 Å². The largest absolute Gasteiger partial charge is 0.496 e. The van der Waals surface area contributed by atoms with Crippen molar-refractivity contribution < 1.29 is 9.15 Å². The Hall–Kier alpha value is -2.75. The van der Waals surface area contributed by atoms with Crippen LogP contribution >= 0.6 is 11.6 Å². The molecule has 0 saturated carbocycles. The standard InChI is InChI=1S/C22H18ClNO2/c1-25-20-10-8-17(23)12-19(20)21(24)22-18-9-7-15(11-16(18)13-26-22)14-5-3-2-4-6-14/h2-13,21H,24H2,1H3. The summed E-state index contributed by atoms with van der Waals surface area (Å²) in [6, 6.07) is 21.4. The first-order chi connectivity index (χ1) is 12.7. The Morgan fingerprint density at radius 1 is 0.962 bits per heavy atom. The lowest BCUT2D eigenvalue weighted by molar-refractivity contribution is 0.403. The van der Waals surface area contributed by atoms with Gasteiger partial charge in [-0.1, -0.05) is 54.1 Å². The van der Waals surface area contributed by atoms with Gasteiger partial charge < -0.3 is 14.9 Å². The summed E-state index contributed by atoms with van der Waals surface area (Å²) < 4.78 is 11.3. The van der Waals surface area contributed by atoms with Crippen molar-refractivity contribution in [1.82, 2.24) is 0 Å². The van der Waals surface area contributed by atoms with Crippen LogP contribution in [0.2, 0.25) is 5.02 Å². The van der Waals surface area contributed by atoms with Crippen molar-refractivity contribution in [2.24, 2.45) is 5.73 Å². The molecule has 0 spiro atoms. The zero-order valence-corrected chi connectivity index (χ0v) is 15.0. The molecule has 26 heavy (non-hydrogen) atoms. The number of hydrogen-bond acceptors (Lipinski definition) is 3. The van der Waals surface area contributed by atoms with E-state index in [1.54, 1.807) is 19.4 Å². The zero-order valence-electron chi connectivity index (χ0n) is 14.3. The van der Waals surface area contributed by atoms with E-state index in [4.69, 9.17) is 26.5 Å². The van der Waals surface area contributed by atoms with E-state index in [0.29, 0.717) is 16.5 Å². The molecule has 0 aliphatic rings. The maximum atomic E-state index is 6.49. The average Bonchev–Trinajstić information content (AvgIpc) is 3.11. The maximum absolute atomic E-state index is 6.49. The lowest BCUT2D eigenvalue weighted by Crippen LogP contribution is -2.12. The maximum Gasteiger partial charge on any atom is 0.132 e. The van der Waals surface area contributed by atoms with Crippen LogP contribution in [-0.4, -0.2) is 7.11 Å².